The van der Waals surface area contributed by atoms with Crippen LogP contribution in [0.1, 0.15) is 36.2 Å². The standard InChI is InChI=1S/C12H16NO3S/c1-3-9-17(15,16)13-12(14)11-8-6-5-7-10(11)4-2/h5-8H,3-4,9H2,1-2H3. The molecule has 0 bridgehead atoms. The highest BCUT2D eigenvalue weighted by Crippen LogP contribution is 2.10. The van der Waals surface area contributed by atoms with Crippen LogP contribution < -0.4 is 4.72 Å². The van der Waals surface area contributed by atoms with E-state index in [1.165, 1.54) is 0 Å². The van der Waals surface area contributed by atoms with Crippen molar-refractivity contribution in [1.82, 2.24) is 4.72 Å². The predicted molar refractivity (Wildman–Crippen MR) is 66.4 cm³/mol. The van der Waals surface area contributed by atoms with Gasteiger partial charge in [-0.15, -0.1) is 4.72 Å². The normalized spacial score (nSPS) is 11.2. The van der Waals surface area contributed by atoms with Crippen molar-refractivity contribution in [3.05, 3.63) is 35.4 Å². The van der Waals surface area contributed by atoms with Crippen molar-refractivity contribution in [3.8, 4) is 0 Å². The molecule has 0 unspecified atom stereocenters. The number of aryl methyl sites for hydroxylation is 1. The second kappa shape index (κ2) is 5.82. The van der Waals surface area contributed by atoms with Crippen molar-refractivity contribution < 1.29 is 13.2 Å². The lowest BCUT2D eigenvalue weighted by Gasteiger charge is -2.06. The van der Waals surface area contributed by atoms with Crippen LogP contribution in [0.2, 0.25) is 0 Å². The van der Waals surface area contributed by atoms with Gasteiger partial charge in [-0.3, -0.25) is 4.79 Å². The first-order chi connectivity index (χ1) is 8.00. The van der Waals surface area contributed by atoms with Gasteiger partial charge in [0.05, 0.1) is 5.75 Å². The molecular weight excluding hydrogens is 238 g/mol. The number of hydrogen-bond acceptors (Lipinski definition) is 3. The van der Waals surface area contributed by atoms with Crippen molar-refractivity contribution in [2.75, 3.05) is 5.75 Å². The second-order valence-corrected chi connectivity index (χ2v) is 5.45. The average molecular weight is 254 g/mol. The summed E-state index contributed by atoms with van der Waals surface area (Å²) in [5.74, 6) is -0.761. The maximum atomic E-state index is 11.8. The van der Waals surface area contributed by atoms with E-state index in [-0.39, 0.29) is 5.75 Å². The predicted octanol–water partition coefficient (Wildman–Crippen LogP) is 1.73. The highest BCUT2D eigenvalue weighted by Gasteiger charge is 2.19. The van der Waals surface area contributed by atoms with Gasteiger partial charge in [0.15, 0.2) is 0 Å². The molecule has 1 aromatic rings. The molecule has 0 heterocycles. The summed E-state index contributed by atoms with van der Waals surface area (Å²) < 4.78 is 26.2. The van der Waals surface area contributed by atoms with E-state index in [0.717, 1.165) is 5.56 Å². The molecule has 0 saturated heterocycles. The average Bonchev–Trinajstić information content (AvgIpc) is 2.28. The lowest BCUT2D eigenvalue weighted by atomic mass is 10.1. The van der Waals surface area contributed by atoms with Gasteiger partial charge in [0.2, 0.25) is 0 Å². The van der Waals surface area contributed by atoms with Gasteiger partial charge in [-0.05, 0) is 24.5 Å². The summed E-state index contributed by atoms with van der Waals surface area (Å²) in [6.07, 6.45) is 1.12. The maximum Gasteiger partial charge on any atom is 0.288 e. The van der Waals surface area contributed by atoms with E-state index in [1.807, 2.05) is 13.0 Å². The third-order valence-corrected chi connectivity index (χ3v) is 3.68. The van der Waals surface area contributed by atoms with Gasteiger partial charge >= 0.3 is 0 Å². The first-order valence-corrected chi connectivity index (χ1v) is 7.19. The molecule has 93 valence electrons. The fourth-order valence-corrected chi connectivity index (χ4v) is 2.47. The molecule has 0 N–H and O–H groups in total. The lowest BCUT2D eigenvalue weighted by molar-refractivity contribution is 0.0977. The third kappa shape index (κ3) is 3.85. The zero-order valence-electron chi connectivity index (χ0n) is 10.0. The van der Waals surface area contributed by atoms with Crippen molar-refractivity contribution in [1.29, 1.82) is 0 Å². The van der Waals surface area contributed by atoms with Gasteiger partial charge in [0.25, 0.3) is 15.9 Å². The van der Waals surface area contributed by atoms with E-state index in [2.05, 4.69) is 4.72 Å². The number of carbonyl (C=O) groups is 1. The number of hydrogen-bond donors (Lipinski definition) is 0. The topological polar surface area (TPSA) is 65.3 Å². The molecule has 0 aliphatic heterocycles. The number of carbonyl (C=O) groups excluding carboxylic acids is 1. The summed E-state index contributed by atoms with van der Waals surface area (Å²) in [5.41, 5.74) is 1.18. The molecule has 1 amide bonds. The Bertz CT molecular complexity index is 494. The Morgan fingerprint density at radius 2 is 1.88 bits per heavy atom. The highest BCUT2D eigenvalue weighted by molar-refractivity contribution is 7.89. The summed E-state index contributed by atoms with van der Waals surface area (Å²) in [5, 5.41) is 0. The van der Waals surface area contributed by atoms with Crippen LogP contribution >= 0.6 is 0 Å². The number of benzene rings is 1. The van der Waals surface area contributed by atoms with Crippen molar-refractivity contribution in [3.63, 3.8) is 0 Å². The van der Waals surface area contributed by atoms with Crippen LogP contribution in [0.3, 0.4) is 0 Å². The molecule has 0 aliphatic carbocycles. The van der Waals surface area contributed by atoms with Crippen molar-refractivity contribution in [2.45, 2.75) is 26.7 Å². The molecule has 0 fully saturated rings. The quantitative estimate of drug-likeness (QED) is 0.803. The lowest BCUT2D eigenvalue weighted by Crippen LogP contribution is -2.26. The molecular formula is C12H16NO3S. The van der Waals surface area contributed by atoms with Gasteiger partial charge in [-0.2, -0.15) is 0 Å². The van der Waals surface area contributed by atoms with Crippen LogP contribution in [0.25, 0.3) is 0 Å². The van der Waals surface area contributed by atoms with Gasteiger partial charge < -0.3 is 0 Å². The van der Waals surface area contributed by atoms with E-state index < -0.39 is 15.9 Å². The summed E-state index contributed by atoms with van der Waals surface area (Å²) >= 11 is 0. The van der Waals surface area contributed by atoms with E-state index in [4.69, 9.17) is 0 Å². The molecule has 0 spiro atoms. The number of sulfonamides is 1. The second-order valence-electron chi connectivity index (χ2n) is 3.69. The summed E-state index contributed by atoms with van der Waals surface area (Å²) in [7, 11) is -3.63. The zero-order valence-corrected chi connectivity index (χ0v) is 10.8. The Morgan fingerprint density at radius 1 is 1.24 bits per heavy atom. The maximum absolute atomic E-state index is 11.8. The van der Waals surface area contributed by atoms with Gasteiger partial charge in [-0.25, -0.2) is 8.42 Å². The fourth-order valence-electron chi connectivity index (χ4n) is 1.52. The summed E-state index contributed by atoms with van der Waals surface area (Å²) in [4.78, 5) is 11.8. The Hall–Kier alpha value is -1.36. The molecule has 0 aromatic heterocycles. The first-order valence-electron chi connectivity index (χ1n) is 5.58. The number of nitrogens with zero attached hydrogens (tertiary/aromatic N) is 1. The number of amides is 1. The molecule has 0 atom stereocenters. The summed E-state index contributed by atoms with van der Waals surface area (Å²) in [6, 6.07) is 6.92. The fraction of sp³-hybridized carbons (Fsp3) is 0.417. The van der Waals surface area contributed by atoms with Gasteiger partial charge in [0.1, 0.15) is 0 Å². The molecule has 0 aliphatic rings. The molecule has 0 saturated carbocycles. The van der Waals surface area contributed by atoms with E-state index in [9.17, 15) is 13.2 Å². The monoisotopic (exact) mass is 254 g/mol. The minimum Gasteiger partial charge on any atom is -0.266 e. The highest BCUT2D eigenvalue weighted by atomic mass is 32.2. The molecule has 1 radical (unpaired) electrons. The van der Waals surface area contributed by atoms with Crippen molar-refractivity contribution in [2.24, 2.45) is 0 Å². The SMILES string of the molecule is CCCS(=O)(=O)[N]C(=O)c1ccccc1CC. The van der Waals surface area contributed by atoms with Crippen LogP contribution in [-0.4, -0.2) is 20.1 Å². The van der Waals surface area contributed by atoms with Crippen molar-refractivity contribution >= 4 is 15.9 Å². The van der Waals surface area contributed by atoms with Gasteiger partial charge in [0, 0.05) is 5.56 Å². The van der Waals surface area contributed by atoms with Crippen LogP contribution in [0.4, 0.5) is 0 Å². The summed E-state index contributed by atoms with van der Waals surface area (Å²) in [6.45, 7) is 3.64. The van der Waals surface area contributed by atoms with Crippen LogP contribution in [-0.2, 0) is 16.4 Å². The Morgan fingerprint density at radius 3 is 2.47 bits per heavy atom. The largest absolute Gasteiger partial charge is 0.288 e. The molecule has 1 rings (SSSR count). The smallest absolute Gasteiger partial charge is 0.266 e. The first kappa shape index (κ1) is 13.7. The minimum atomic E-state index is -3.63. The van der Waals surface area contributed by atoms with E-state index in [1.54, 1.807) is 25.1 Å². The van der Waals surface area contributed by atoms with Crippen LogP contribution in [0, 0.1) is 0 Å². The molecule has 4 nitrogen and oxygen atoms in total. The molecule has 1 aromatic carbocycles. The van der Waals surface area contributed by atoms with E-state index in [0.29, 0.717) is 18.4 Å². The Kier molecular flexibility index (Phi) is 4.69. The number of rotatable bonds is 5. The minimum absolute atomic E-state index is 0.0902. The van der Waals surface area contributed by atoms with Crippen LogP contribution in [0.15, 0.2) is 24.3 Å². The Balaban J connectivity index is 2.91. The molecule has 17 heavy (non-hydrogen) atoms. The Labute approximate surface area is 102 Å². The molecule has 5 heteroatoms. The van der Waals surface area contributed by atoms with Crippen LogP contribution in [0.5, 0.6) is 0 Å². The van der Waals surface area contributed by atoms with E-state index >= 15 is 0 Å². The van der Waals surface area contributed by atoms with Gasteiger partial charge in [-0.1, -0.05) is 32.0 Å². The third-order valence-electron chi connectivity index (χ3n) is 2.31. The zero-order chi connectivity index (χ0) is 12.9.